The van der Waals surface area contributed by atoms with Crippen molar-refractivity contribution in [2.45, 2.75) is 5.88 Å². The molecule has 4 nitrogen and oxygen atoms in total. The van der Waals surface area contributed by atoms with Crippen molar-refractivity contribution in [3.05, 3.63) is 59.8 Å². The van der Waals surface area contributed by atoms with Crippen LogP contribution in [0.3, 0.4) is 0 Å². The minimum absolute atomic E-state index is 0.157. The first-order valence-electron chi connectivity index (χ1n) is 6.15. The second-order valence-electron chi connectivity index (χ2n) is 4.46. The average Bonchev–Trinajstić information content (AvgIpc) is 2.95. The number of aromatic amines is 1. The lowest BCUT2D eigenvalue weighted by molar-refractivity contribution is 0.102. The number of alkyl halides is 1. The summed E-state index contributed by atoms with van der Waals surface area (Å²) in [5.41, 5.74) is 3.12. The number of anilines is 1. The van der Waals surface area contributed by atoms with Crippen molar-refractivity contribution in [2.24, 2.45) is 0 Å². The van der Waals surface area contributed by atoms with Crippen LogP contribution < -0.4 is 5.32 Å². The molecule has 0 aliphatic rings. The molecule has 0 bridgehead atoms. The summed E-state index contributed by atoms with van der Waals surface area (Å²) in [6.07, 6.45) is 1.74. The van der Waals surface area contributed by atoms with Crippen LogP contribution >= 0.6 is 11.6 Å². The summed E-state index contributed by atoms with van der Waals surface area (Å²) in [4.78, 5) is 12.2. The predicted octanol–water partition coefficient (Wildman–Crippen LogP) is 3.55. The van der Waals surface area contributed by atoms with E-state index >= 15 is 0 Å². The number of nitrogens with zero attached hydrogens (tertiary/aromatic N) is 1. The molecule has 0 aliphatic carbocycles. The molecule has 0 spiro atoms. The molecule has 0 radical (unpaired) electrons. The van der Waals surface area contributed by atoms with Crippen molar-refractivity contribution in [2.75, 3.05) is 5.32 Å². The fraction of sp³-hybridized carbons (Fsp3) is 0.0667. The SMILES string of the molecule is O=C(Nc1ccc2cn[nH]c2c1)c1cccc(CCl)c1. The molecule has 1 amide bonds. The van der Waals surface area contributed by atoms with Gasteiger partial charge in [-0.1, -0.05) is 12.1 Å². The maximum atomic E-state index is 12.2. The zero-order valence-corrected chi connectivity index (χ0v) is 11.3. The van der Waals surface area contributed by atoms with Crippen molar-refractivity contribution in [1.82, 2.24) is 10.2 Å². The molecule has 3 rings (SSSR count). The highest BCUT2D eigenvalue weighted by Gasteiger charge is 2.07. The number of amides is 1. The van der Waals surface area contributed by atoms with Crippen molar-refractivity contribution < 1.29 is 4.79 Å². The summed E-state index contributed by atoms with van der Waals surface area (Å²) < 4.78 is 0. The summed E-state index contributed by atoms with van der Waals surface area (Å²) in [6, 6.07) is 12.9. The van der Waals surface area contributed by atoms with E-state index in [2.05, 4.69) is 15.5 Å². The average molecular weight is 286 g/mol. The molecule has 1 heterocycles. The van der Waals surface area contributed by atoms with Crippen LogP contribution in [0.1, 0.15) is 15.9 Å². The zero-order chi connectivity index (χ0) is 13.9. The quantitative estimate of drug-likeness (QED) is 0.723. The Balaban J connectivity index is 1.83. The molecular weight excluding hydrogens is 274 g/mol. The van der Waals surface area contributed by atoms with Gasteiger partial charge in [0.2, 0.25) is 0 Å². The molecule has 5 heteroatoms. The third kappa shape index (κ3) is 2.51. The molecule has 0 aliphatic heterocycles. The largest absolute Gasteiger partial charge is 0.322 e. The van der Waals surface area contributed by atoms with E-state index in [0.717, 1.165) is 22.2 Å². The van der Waals surface area contributed by atoms with Gasteiger partial charge in [0.25, 0.3) is 5.91 Å². The number of carbonyl (C=O) groups is 1. The Bertz CT molecular complexity index is 766. The first-order chi connectivity index (χ1) is 9.76. The Kier molecular flexibility index (Phi) is 3.39. The molecule has 20 heavy (non-hydrogen) atoms. The minimum Gasteiger partial charge on any atom is -0.322 e. The van der Waals surface area contributed by atoms with Crippen molar-refractivity contribution in [1.29, 1.82) is 0 Å². The number of carbonyl (C=O) groups excluding carboxylic acids is 1. The number of nitrogens with one attached hydrogen (secondary N) is 2. The molecule has 1 aromatic heterocycles. The summed E-state index contributed by atoms with van der Waals surface area (Å²) in [6.45, 7) is 0. The Hall–Kier alpha value is -2.33. The highest BCUT2D eigenvalue weighted by atomic mass is 35.5. The van der Waals surface area contributed by atoms with Crippen LogP contribution in [0.2, 0.25) is 0 Å². The van der Waals surface area contributed by atoms with Crippen molar-refractivity contribution in [3.63, 3.8) is 0 Å². The summed E-state index contributed by atoms with van der Waals surface area (Å²) >= 11 is 5.77. The van der Waals surface area contributed by atoms with Gasteiger partial charge in [-0.05, 0) is 35.9 Å². The Morgan fingerprint density at radius 3 is 3.00 bits per heavy atom. The van der Waals surface area contributed by atoms with E-state index in [0.29, 0.717) is 11.4 Å². The second-order valence-corrected chi connectivity index (χ2v) is 4.73. The number of benzene rings is 2. The number of hydrogen-bond donors (Lipinski definition) is 2. The van der Waals surface area contributed by atoms with Gasteiger partial charge in [-0.3, -0.25) is 9.89 Å². The molecule has 0 unspecified atom stereocenters. The van der Waals surface area contributed by atoms with Gasteiger partial charge in [0, 0.05) is 22.5 Å². The Morgan fingerprint density at radius 1 is 1.25 bits per heavy atom. The summed E-state index contributed by atoms with van der Waals surface area (Å²) in [5.74, 6) is 0.233. The van der Waals surface area contributed by atoms with Gasteiger partial charge in [0.15, 0.2) is 0 Å². The molecule has 0 saturated heterocycles. The highest BCUT2D eigenvalue weighted by Crippen LogP contribution is 2.17. The Morgan fingerprint density at radius 2 is 2.15 bits per heavy atom. The molecule has 2 aromatic carbocycles. The lowest BCUT2D eigenvalue weighted by atomic mass is 10.1. The predicted molar refractivity (Wildman–Crippen MR) is 80.0 cm³/mol. The van der Waals surface area contributed by atoms with Gasteiger partial charge in [-0.2, -0.15) is 5.10 Å². The smallest absolute Gasteiger partial charge is 0.255 e. The maximum Gasteiger partial charge on any atom is 0.255 e. The topological polar surface area (TPSA) is 57.8 Å². The van der Waals surface area contributed by atoms with Gasteiger partial charge in [-0.25, -0.2) is 0 Å². The van der Waals surface area contributed by atoms with Crippen molar-refractivity contribution >= 4 is 34.1 Å². The van der Waals surface area contributed by atoms with Crippen LogP contribution in [-0.2, 0) is 5.88 Å². The number of rotatable bonds is 3. The van der Waals surface area contributed by atoms with Crippen LogP contribution in [0.5, 0.6) is 0 Å². The van der Waals surface area contributed by atoms with Gasteiger partial charge < -0.3 is 5.32 Å². The molecule has 0 fully saturated rings. The van der Waals surface area contributed by atoms with Crippen LogP contribution in [0.4, 0.5) is 5.69 Å². The number of hydrogen-bond acceptors (Lipinski definition) is 2. The van der Waals surface area contributed by atoms with E-state index in [4.69, 9.17) is 11.6 Å². The fourth-order valence-corrected chi connectivity index (χ4v) is 2.18. The first kappa shape index (κ1) is 12.7. The summed E-state index contributed by atoms with van der Waals surface area (Å²) in [7, 11) is 0. The molecule has 0 saturated carbocycles. The highest BCUT2D eigenvalue weighted by molar-refractivity contribution is 6.17. The molecule has 3 aromatic rings. The number of H-pyrrole nitrogens is 1. The van der Waals surface area contributed by atoms with E-state index in [9.17, 15) is 4.79 Å². The minimum atomic E-state index is -0.157. The second kappa shape index (κ2) is 5.35. The fourth-order valence-electron chi connectivity index (χ4n) is 2.01. The molecule has 100 valence electrons. The van der Waals surface area contributed by atoms with Crippen LogP contribution in [0.25, 0.3) is 10.9 Å². The zero-order valence-electron chi connectivity index (χ0n) is 10.6. The number of halogens is 1. The number of fused-ring (bicyclic) bond motifs is 1. The lowest BCUT2D eigenvalue weighted by Crippen LogP contribution is -2.11. The first-order valence-corrected chi connectivity index (χ1v) is 6.69. The maximum absolute atomic E-state index is 12.2. The van der Waals surface area contributed by atoms with Crippen LogP contribution in [0, 0.1) is 0 Å². The van der Waals surface area contributed by atoms with E-state index in [-0.39, 0.29) is 5.91 Å². The molecule has 2 N–H and O–H groups in total. The van der Waals surface area contributed by atoms with E-state index in [1.54, 1.807) is 18.3 Å². The van der Waals surface area contributed by atoms with Gasteiger partial charge in [-0.15, -0.1) is 11.6 Å². The monoisotopic (exact) mass is 285 g/mol. The van der Waals surface area contributed by atoms with E-state index in [1.165, 1.54) is 0 Å². The normalized spacial score (nSPS) is 10.7. The van der Waals surface area contributed by atoms with Crippen LogP contribution in [-0.4, -0.2) is 16.1 Å². The third-order valence-corrected chi connectivity index (χ3v) is 3.35. The van der Waals surface area contributed by atoms with Gasteiger partial charge in [0.05, 0.1) is 11.7 Å². The number of aromatic nitrogens is 2. The van der Waals surface area contributed by atoms with Gasteiger partial charge >= 0.3 is 0 Å². The van der Waals surface area contributed by atoms with E-state index in [1.807, 2.05) is 30.3 Å². The van der Waals surface area contributed by atoms with Crippen molar-refractivity contribution in [3.8, 4) is 0 Å². The van der Waals surface area contributed by atoms with Crippen LogP contribution in [0.15, 0.2) is 48.7 Å². The summed E-state index contributed by atoms with van der Waals surface area (Å²) in [5, 5.41) is 10.7. The molecule has 0 atom stereocenters. The standard InChI is InChI=1S/C15H12ClN3O/c16-8-10-2-1-3-11(6-10)15(20)18-13-5-4-12-9-17-19-14(12)7-13/h1-7,9H,8H2,(H,17,19)(H,18,20). The third-order valence-electron chi connectivity index (χ3n) is 3.04. The van der Waals surface area contributed by atoms with Gasteiger partial charge in [0.1, 0.15) is 0 Å². The lowest BCUT2D eigenvalue weighted by Gasteiger charge is -2.06. The Labute approximate surface area is 120 Å². The van der Waals surface area contributed by atoms with E-state index < -0.39 is 0 Å². The molecular formula is C15H12ClN3O.